The van der Waals surface area contributed by atoms with Crippen LogP contribution in [-0.4, -0.2) is 17.5 Å². The summed E-state index contributed by atoms with van der Waals surface area (Å²) in [6, 6.07) is 0. The molecular formula is C14H25O2. The van der Waals surface area contributed by atoms with Crippen molar-refractivity contribution in [1.29, 1.82) is 0 Å². The molecule has 0 aliphatic rings. The van der Waals surface area contributed by atoms with Crippen LogP contribution in [0.5, 0.6) is 0 Å². The Morgan fingerprint density at radius 2 is 1.81 bits per heavy atom. The lowest BCUT2D eigenvalue weighted by molar-refractivity contribution is 0.167. The molecule has 93 valence electrons. The van der Waals surface area contributed by atoms with E-state index < -0.39 is 6.10 Å². The average molecular weight is 225 g/mol. The lowest BCUT2D eigenvalue weighted by Gasteiger charge is -2.04. The molecular weight excluding hydrogens is 200 g/mol. The van der Waals surface area contributed by atoms with E-state index in [9.17, 15) is 9.90 Å². The third kappa shape index (κ3) is 11.4. The molecule has 0 aliphatic carbocycles. The van der Waals surface area contributed by atoms with Crippen molar-refractivity contribution in [2.24, 2.45) is 0 Å². The highest BCUT2D eigenvalue weighted by Gasteiger charge is 2.02. The van der Waals surface area contributed by atoms with Gasteiger partial charge in [0.1, 0.15) is 0 Å². The summed E-state index contributed by atoms with van der Waals surface area (Å²) in [5, 5.41) is 9.27. The Morgan fingerprint density at radius 3 is 2.44 bits per heavy atom. The summed E-state index contributed by atoms with van der Waals surface area (Å²) in [5.74, 6) is 0. The number of allylic oxidation sites excluding steroid dienone is 2. The van der Waals surface area contributed by atoms with Gasteiger partial charge in [0.2, 0.25) is 6.29 Å². The second-order valence-electron chi connectivity index (χ2n) is 4.25. The first-order chi connectivity index (χ1) is 7.81. The van der Waals surface area contributed by atoms with Crippen molar-refractivity contribution in [2.45, 2.75) is 70.8 Å². The second-order valence-corrected chi connectivity index (χ2v) is 4.25. The van der Waals surface area contributed by atoms with E-state index >= 15 is 0 Å². The summed E-state index contributed by atoms with van der Waals surface area (Å²) in [7, 11) is 0. The molecule has 1 atom stereocenters. The molecule has 1 radical (unpaired) electrons. The molecule has 0 rings (SSSR count). The van der Waals surface area contributed by atoms with Gasteiger partial charge in [-0.1, -0.05) is 44.8 Å². The molecule has 0 amide bonds. The Kier molecular flexibility index (Phi) is 11.9. The van der Waals surface area contributed by atoms with Crippen molar-refractivity contribution in [3.63, 3.8) is 0 Å². The van der Waals surface area contributed by atoms with E-state index in [2.05, 4.69) is 19.1 Å². The van der Waals surface area contributed by atoms with E-state index in [1.807, 2.05) is 0 Å². The van der Waals surface area contributed by atoms with Crippen LogP contribution < -0.4 is 0 Å². The summed E-state index contributed by atoms with van der Waals surface area (Å²) >= 11 is 0. The van der Waals surface area contributed by atoms with Crippen molar-refractivity contribution in [1.82, 2.24) is 0 Å². The summed E-state index contributed by atoms with van der Waals surface area (Å²) in [6.45, 7) is 2.20. The predicted octanol–water partition coefficient (Wildman–Crippen LogP) is 3.54. The van der Waals surface area contributed by atoms with Crippen molar-refractivity contribution in [3.05, 3.63) is 12.2 Å². The summed E-state index contributed by atoms with van der Waals surface area (Å²) < 4.78 is 0. The molecule has 0 spiro atoms. The number of hydrogen-bond acceptors (Lipinski definition) is 2. The summed E-state index contributed by atoms with van der Waals surface area (Å²) in [4.78, 5) is 9.98. The Bertz CT molecular complexity index is 176. The normalized spacial score (nSPS) is 13.1. The maximum Gasteiger partial charge on any atom is 0.201 e. The third-order valence-electron chi connectivity index (χ3n) is 2.62. The first-order valence-corrected chi connectivity index (χ1v) is 6.49. The quantitative estimate of drug-likeness (QED) is 0.431. The molecule has 0 bridgehead atoms. The Balaban J connectivity index is 3.14. The van der Waals surface area contributed by atoms with E-state index in [4.69, 9.17) is 0 Å². The highest BCUT2D eigenvalue weighted by molar-refractivity contribution is 5.51. The van der Waals surface area contributed by atoms with Crippen molar-refractivity contribution in [3.8, 4) is 0 Å². The zero-order valence-electron chi connectivity index (χ0n) is 10.5. The SMILES string of the molecule is CCCC/C=C/CCCCCC(O)C[C]=O. The molecule has 1 unspecified atom stereocenters. The molecule has 2 nitrogen and oxygen atoms in total. The van der Waals surface area contributed by atoms with Gasteiger partial charge in [-0.3, -0.25) is 4.79 Å². The molecule has 0 aromatic carbocycles. The smallest absolute Gasteiger partial charge is 0.201 e. The molecule has 0 aromatic rings. The van der Waals surface area contributed by atoms with Gasteiger partial charge in [0.25, 0.3) is 0 Å². The number of hydrogen-bond donors (Lipinski definition) is 1. The molecule has 0 fully saturated rings. The Morgan fingerprint density at radius 1 is 1.12 bits per heavy atom. The number of aliphatic hydroxyl groups excluding tert-OH is 1. The van der Waals surface area contributed by atoms with Gasteiger partial charge in [-0.2, -0.15) is 0 Å². The van der Waals surface area contributed by atoms with Crippen LogP contribution in [0, 0.1) is 0 Å². The molecule has 0 saturated heterocycles. The van der Waals surface area contributed by atoms with Crippen LogP contribution >= 0.6 is 0 Å². The number of unbranched alkanes of at least 4 members (excludes halogenated alkanes) is 5. The monoisotopic (exact) mass is 225 g/mol. The number of carbonyl (C=O) groups excluding carboxylic acids is 1. The van der Waals surface area contributed by atoms with E-state index in [0.29, 0.717) is 0 Å². The van der Waals surface area contributed by atoms with Gasteiger partial charge in [0, 0.05) is 6.42 Å². The van der Waals surface area contributed by atoms with Gasteiger partial charge in [-0.25, -0.2) is 0 Å². The molecule has 16 heavy (non-hydrogen) atoms. The van der Waals surface area contributed by atoms with Crippen LogP contribution in [0.3, 0.4) is 0 Å². The van der Waals surface area contributed by atoms with Gasteiger partial charge in [-0.05, 0) is 25.7 Å². The van der Waals surface area contributed by atoms with Crippen LogP contribution in [0.15, 0.2) is 12.2 Å². The fraction of sp³-hybridized carbons (Fsp3) is 0.786. The highest BCUT2D eigenvalue weighted by atomic mass is 16.3. The molecule has 0 saturated carbocycles. The van der Waals surface area contributed by atoms with Crippen LogP contribution in [0.25, 0.3) is 0 Å². The largest absolute Gasteiger partial charge is 0.393 e. The van der Waals surface area contributed by atoms with E-state index in [1.54, 1.807) is 6.29 Å². The van der Waals surface area contributed by atoms with Crippen LogP contribution in [0.2, 0.25) is 0 Å². The highest BCUT2D eigenvalue weighted by Crippen LogP contribution is 2.08. The average Bonchev–Trinajstić information content (AvgIpc) is 2.27. The third-order valence-corrected chi connectivity index (χ3v) is 2.62. The summed E-state index contributed by atoms with van der Waals surface area (Å²) in [5.41, 5.74) is 0. The van der Waals surface area contributed by atoms with Crippen molar-refractivity contribution >= 4 is 6.29 Å². The minimum absolute atomic E-state index is 0.164. The molecule has 2 heteroatoms. The predicted molar refractivity (Wildman–Crippen MR) is 68.1 cm³/mol. The lowest BCUT2D eigenvalue weighted by atomic mass is 10.1. The van der Waals surface area contributed by atoms with Gasteiger partial charge in [0.05, 0.1) is 6.10 Å². The van der Waals surface area contributed by atoms with Crippen molar-refractivity contribution < 1.29 is 9.90 Å². The fourth-order valence-electron chi connectivity index (χ4n) is 1.57. The van der Waals surface area contributed by atoms with Crippen LogP contribution in [0.4, 0.5) is 0 Å². The minimum atomic E-state index is -0.474. The maximum absolute atomic E-state index is 9.98. The first-order valence-electron chi connectivity index (χ1n) is 6.49. The maximum atomic E-state index is 9.98. The zero-order chi connectivity index (χ0) is 12.1. The van der Waals surface area contributed by atoms with Crippen molar-refractivity contribution in [2.75, 3.05) is 0 Å². The van der Waals surface area contributed by atoms with E-state index in [0.717, 1.165) is 25.7 Å². The van der Waals surface area contributed by atoms with Crippen LogP contribution in [0.1, 0.15) is 64.7 Å². The lowest BCUT2D eigenvalue weighted by Crippen LogP contribution is -2.06. The topological polar surface area (TPSA) is 37.3 Å². The van der Waals surface area contributed by atoms with Gasteiger partial charge in [0.15, 0.2) is 0 Å². The van der Waals surface area contributed by atoms with E-state index in [1.165, 1.54) is 25.7 Å². The Hall–Kier alpha value is -0.630. The standard InChI is InChI=1S/C14H25O2/c1-2-3-4-5-6-7-8-9-10-11-14(16)12-13-15/h5-6,14,16H,2-4,7-12H2,1H3/b6-5+. The molecule has 0 heterocycles. The Labute approximate surface area is 99.7 Å². The minimum Gasteiger partial charge on any atom is -0.393 e. The first kappa shape index (κ1) is 15.4. The second kappa shape index (κ2) is 12.4. The molecule has 0 aromatic heterocycles. The van der Waals surface area contributed by atoms with Gasteiger partial charge >= 0.3 is 0 Å². The number of rotatable bonds is 11. The molecule has 1 N–H and O–H groups in total. The number of aliphatic hydroxyl groups is 1. The molecule has 0 aliphatic heterocycles. The van der Waals surface area contributed by atoms with Gasteiger partial charge in [-0.15, -0.1) is 0 Å². The summed E-state index contributed by atoms with van der Waals surface area (Å²) in [6.07, 6.45) is 14.9. The van der Waals surface area contributed by atoms with Crippen LogP contribution in [-0.2, 0) is 4.79 Å². The zero-order valence-corrected chi connectivity index (χ0v) is 10.5. The fourth-order valence-corrected chi connectivity index (χ4v) is 1.57. The van der Waals surface area contributed by atoms with E-state index in [-0.39, 0.29) is 6.42 Å². The van der Waals surface area contributed by atoms with Gasteiger partial charge < -0.3 is 5.11 Å².